The summed E-state index contributed by atoms with van der Waals surface area (Å²) < 4.78 is 1.78. The van der Waals surface area contributed by atoms with E-state index in [1.54, 1.807) is 16.8 Å². The second-order valence-corrected chi connectivity index (χ2v) is 6.19. The average Bonchev–Trinajstić information content (AvgIpc) is 3.07. The molecule has 0 atom stereocenters. The van der Waals surface area contributed by atoms with Crippen molar-refractivity contribution in [3.63, 3.8) is 0 Å². The predicted octanol–water partition coefficient (Wildman–Crippen LogP) is 4.87. The highest BCUT2D eigenvalue weighted by molar-refractivity contribution is 5.92. The first kappa shape index (κ1) is 18.0. The number of carboxylic acid groups (broad SMARTS) is 1. The third kappa shape index (κ3) is 3.28. The molecule has 5 heteroatoms. The highest BCUT2D eigenvalue weighted by Crippen LogP contribution is 2.34. The summed E-state index contributed by atoms with van der Waals surface area (Å²) in [6.07, 6.45) is 7.06. The van der Waals surface area contributed by atoms with Crippen LogP contribution < -0.4 is 0 Å². The van der Waals surface area contributed by atoms with E-state index in [2.05, 4.69) is 23.3 Å². The maximum atomic E-state index is 11.6. The van der Waals surface area contributed by atoms with Crippen LogP contribution in [0, 0.1) is 0 Å². The Morgan fingerprint density at radius 3 is 2.54 bits per heavy atom. The van der Waals surface area contributed by atoms with Crippen LogP contribution in [-0.2, 0) is 6.42 Å². The van der Waals surface area contributed by atoms with E-state index < -0.39 is 5.97 Å². The normalized spacial score (nSPS) is 14.5. The first-order valence-corrected chi connectivity index (χ1v) is 8.39. The van der Waals surface area contributed by atoms with Crippen molar-refractivity contribution >= 4 is 30.0 Å². The third-order valence-electron chi connectivity index (χ3n) is 4.54. The van der Waals surface area contributed by atoms with E-state index in [0.717, 1.165) is 30.5 Å². The zero-order chi connectivity index (χ0) is 17.2. The fraction of sp³-hybridized carbons (Fsp3) is 0.143. The number of halogens is 1. The third-order valence-corrected chi connectivity index (χ3v) is 4.54. The highest BCUT2D eigenvalue weighted by atomic mass is 35.5. The fourth-order valence-corrected chi connectivity index (χ4v) is 3.41. The van der Waals surface area contributed by atoms with Crippen LogP contribution in [0.3, 0.4) is 0 Å². The quantitative estimate of drug-likeness (QED) is 0.719. The molecule has 132 valence electrons. The summed E-state index contributed by atoms with van der Waals surface area (Å²) in [5.74, 6) is -0.941. The standard InChI is InChI=1S/C21H18N2O2.ClH/c24-21(25)18-11-4-5-12-19(18)23-20-16(9-6-10-17(20)14-22-23)13-15-7-2-1-3-8-15;/h1-5,7-8,11-14H,6,9-10H2,(H,24,25);1H. The number of aromatic nitrogens is 2. The lowest BCUT2D eigenvalue weighted by molar-refractivity contribution is 0.0696. The molecule has 0 unspecified atom stereocenters. The number of aryl methyl sites for hydroxylation is 1. The average molecular weight is 367 g/mol. The molecule has 1 aliphatic rings. The summed E-state index contributed by atoms with van der Waals surface area (Å²) in [6, 6.07) is 17.2. The molecule has 1 N–H and O–H groups in total. The molecular formula is C21H19ClN2O2. The number of benzene rings is 2. The van der Waals surface area contributed by atoms with Crippen LogP contribution in [0.25, 0.3) is 17.3 Å². The Labute approximate surface area is 158 Å². The molecule has 26 heavy (non-hydrogen) atoms. The minimum atomic E-state index is -0.941. The minimum absolute atomic E-state index is 0. The number of rotatable bonds is 3. The van der Waals surface area contributed by atoms with Gasteiger partial charge >= 0.3 is 5.97 Å². The molecule has 0 aliphatic heterocycles. The number of hydrogen-bond acceptors (Lipinski definition) is 2. The van der Waals surface area contributed by atoms with E-state index in [1.807, 2.05) is 36.5 Å². The summed E-state index contributed by atoms with van der Waals surface area (Å²) >= 11 is 0. The topological polar surface area (TPSA) is 55.1 Å². The van der Waals surface area contributed by atoms with Gasteiger partial charge in [0.05, 0.1) is 23.1 Å². The molecule has 3 aromatic rings. The van der Waals surface area contributed by atoms with Crippen LogP contribution in [0.1, 0.15) is 40.0 Å². The van der Waals surface area contributed by atoms with Crippen LogP contribution >= 0.6 is 12.4 Å². The van der Waals surface area contributed by atoms with Gasteiger partial charge in [-0.1, -0.05) is 42.5 Å². The lowest BCUT2D eigenvalue weighted by Gasteiger charge is -2.19. The molecule has 4 nitrogen and oxygen atoms in total. The van der Waals surface area contributed by atoms with Crippen LogP contribution in [0.5, 0.6) is 0 Å². The van der Waals surface area contributed by atoms with Gasteiger partial charge in [-0.2, -0.15) is 5.10 Å². The molecule has 1 aromatic heterocycles. The maximum Gasteiger partial charge on any atom is 0.337 e. The van der Waals surface area contributed by atoms with Crippen LogP contribution in [0.15, 0.2) is 60.8 Å². The summed E-state index contributed by atoms with van der Waals surface area (Å²) in [5, 5.41) is 14.0. The smallest absolute Gasteiger partial charge is 0.337 e. The molecule has 0 amide bonds. The Morgan fingerprint density at radius 1 is 1.04 bits per heavy atom. The largest absolute Gasteiger partial charge is 0.478 e. The van der Waals surface area contributed by atoms with Gasteiger partial charge in [0.1, 0.15) is 0 Å². The SMILES string of the molecule is Cl.O=C(O)c1ccccc1-n1ncc2c1C(=Cc1ccccc1)CCC2. The van der Waals surface area contributed by atoms with Gasteiger partial charge in [-0.05, 0) is 54.2 Å². The van der Waals surface area contributed by atoms with Gasteiger partial charge in [-0.25, -0.2) is 9.48 Å². The molecule has 2 aromatic carbocycles. The Balaban J connectivity index is 0.00000196. The summed E-state index contributed by atoms with van der Waals surface area (Å²) in [7, 11) is 0. The number of fused-ring (bicyclic) bond motifs is 1. The number of carboxylic acids is 1. The zero-order valence-electron chi connectivity index (χ0n) is 14.1. The Kier molecular flexibility index (Phi) is 5.24. The maximum absolute atomic E-state index is 11.6. The Hall–Kier alpha value is -2.85. The van der Waals surface area contributed by atoms with E-state index in [1.165, 1.54) is 11.1 Å². The number of para-hydroxylation sites is 1. The van der Waals surface area contributed by atoms with Crippen molar-refractivity contribution in [2.45, 2.75) is 19.3 Å². The zero-order valence-corrected chi connectivity index (χ0v) is 14.9. The van der Waals surface area contributed by atoms with Crippen LogP contribution in [-0.4, -0.2) is 20.9 Å². The molecule has 0 saturated carbocycles. The molecule has 0 fully saturated rings. The number of allylic oxidation sites excluding steroid dienone is 1. The van der Waals surface area contributed by atoms with Crippen molar-refractivity contribution in [3.8, 4) is 5.69 Å². The van der Waals surface area contributed by atoms with Crippen molar-refractivity contribution in [1.82, 2.24) is 9.78 Å². The van der Waals surface area contributed by atoms with Gasteiger partial charge in [0.2, 0.25) is 0 Å². The van der Waals surface area contributed by atoms with Gasteiger partial charge < -0.3 is 5.11 Å². The lowest BCUT2D eigenvalue weighted by atomic mass is 9.91. The van der Waals surface area contributed by atoms with Gasteiger partial charge in [0.25, 0.3) is 0 Å². The van der Waals surface area contributed by atoms with Crippen LogP contribution in [0.4, 0.5) is 0 Å². The molecule has 4 rings (SSSR count). The van der Waals surface area contributed by atoms with Gasteiger partial charge in [-0.3, -0.25) is 0 Å². The lowest BCUT2D eigenvalue weighted by Crippen LogP contribution is -2.11. The van der Waals surface area contributed by atoms with Gasteiger partial charge in [0.15, 0.2) is 0 Å². The number of aromatic carboxylic acids is 1. The Morgan fingerprint density at radius 2 is 1.77 bits per heavy atom. The van der Waals surface area contributed by atoms with Gasteiger partial charge in [0, 0.05) is 0 Å². The van der Waals surface area contributed by atoms with E-state index in [9.17, 15) is 9.90 Å². The molecule has 1 heterocycles. The highest BCUT2D eigenvalue weighted by Gasteiger charge is 2.22. The monoisotopic (exact) mass is 366 g/mol. The van der Waals surface area contributed by atoms with E-state index in [0.29, 0.717) is 5.69 Å². The first-order valence-electron chi connectivity index (χ1n) is 8.39. The predicted molar refractivity (Wildman–Crippen MR) is 105 cm³/mol. The minimum Gasteiger partial charge on any atom is -0.478 e. The molecule has 0 radical (unpaired) electrons. The summed E-state index contributed by atoms with van der Waals surface area (Å²) in [6.45, 7) is 0. The van der Waals surface area contributed by atoms with E-state index >= 15 is 0 Å². The van der Waals surface area contributed by atoms with Crippen molar-refractivity contribution < 1.29 is 9.90 Å². The van der Waals surface area contributed by atoms with Crippen molar-refractivity contribution in [2.24, 2.45) is 0 Å². The summed E-state index contributed by atoms with van der Waals surface area (Å²) in [5.41, 5.74) is 5.42. The second-order valence-electron chi connectivity index (χ2n) is 6.19. The molecular weight excluding hydrogens is 348 g/mol. The van der Waals surface area contributed by atoms with Crippen molar-refractivity contribution in [2.75, 3.05) is 0 Å². The second kappa shape index (κ2) is 7.58. The molecule has 0 spiro atoms. The van der Waals surface area contributed by atoms with Crippen molar-refractivity contribution in [1.29, 1.82) is 0 Å². The molecule has 0 bridgehead atoms. The summed E-state index contributed by atoms with van der Waals surface area (Å²) in [4.78, 5) is 11.6. The molecule has 0 saturated heterocycles. The number of hydrogen-bond donors (Lipinski definition) is 1. The number of carbonyl (C=O) groups is 1. The van der Waals surface area contributed by atoms with Crippen molar-refractivity contribution in [3.05, 3.63) is 83.2 Å². The first-order chi connectivity index (χ1) is 12.2. The Bertz CT molecular complexity index is 961. The van der Waals surface area contributed by atoms with Gasteiger partial charge in [-0.15, -0.1) is 12.4 Å². The van der Waals surface area contributed by atoms with E-state index in [4.69, 9.17) is 0 Å². The number of nitrogens with zero attached hydrogens (tertiary/aromatic N) is 2. The fourth-order valence-electron chi connectivity index (χ4n) is 3.41. The van der Waals surface area contributed by atoms with E-state index in [-0.39, 0.29) is 18.0 Å². The van der Waals surface area contributed by atoms with Crippen LogP contribution in [0.2, 0.25) is 0 Å². The molecule has 1 aliphatic carbocycles.